The Morgan fingerprint density at radius 1 is 0.912 bits per heavy atom. The van der Waals surface area contributed by atoms with Crippen LogP contribution in [-0.2, 0) is 4.79 Å². The number of fused-ring (bicyclic) bond motifs is 1. The third-order valence-corrected chi connectivity index (χ3v) is 5.78. The van der Waals surface area contributed by atoms with Gasteiger partial charge in [0.25, 0.3) is 0 Å². The number of para-hydroxylation sites is 1. The fourth-order valence-corrected chi connectivity index (χ4v) is 4.08. The number of ether oxygens (including phenoxy) is 1. The summed E-state index contributed by atoms with van der Waals surface area (Å²) in [5.41, 5.74) is 10.3. The van der Waals surface area contributed by atoms with Crippen molar-refractivity contribution < 1.29 is 9.53 Å². The summed E-state index contributed by atoms with van der Waals surface area (Å²) in [7, 11) is 0. The molecule has 34 heavy (non-hydrogen) atoms. The van der Waals surface area contributed by atoms with Crippen LogP contribution < -0.4 is 10.5 Å². The van der Waals surface area contributed by atoms with Crippen LogP contribution in [0.1, 0.15) is 29.9 Å². The first-order chi connectivity index (χ1) is 16.7. The van der Waals surface area contributed by atoms with Crippen LogP contribution in [0.2, 0.25) is 0 Å². The minimum absolute atomic E-state index is 0.0202. The molecule has 1 amide bonds. The number of carbonyl (C=O) groups excluding carboxylic acids is 1. The SMILES string of the molecule is NC(=O)CCC(c1cccnc1)c1ccc2nc(-c3ccc(Oc4ccccc4)cc3)[nH]c2c1. The zero-order valence-corrected chi connectivity index (χ0v) is 18.5. The number of rotatable bonds is 8. The normalized spacial score (nSPS) is 11.9. The number of nitrogens with one attached hydrogen (secondary N) is 1. The van der Waals surface area contributed by atoms with E-state index < -0.39 is 0 Å². The van der Waals surface area contributed by atoms with Crippen molar-refractivity contribution in [3.8, 4) is 22.9 Å². The summed E-state index contributed by atoms with van der Waals surface area (Å²) < 4.78 is 5.88. The number of H-pyrrole nitrogens is 1. The van der Waals surface area contributed by atoms with Gasteiger partial charge in [-0.15, -0.1) is 0 Å². The van der Waals surface area contributed by atoms with E-state index in [1.165, 1.54) is 0 Å². The van der Waals surface area contributed by atoms with Crippen molar-refractivity contribution in [1.82, 2.24) is 15.0 Å². The van der Waals surface area contributed by atoms with Crippen molar-refractivity contribution in [3.63, 3.8) is 0 Å². The van der Waals surface area contributed by atoms with Gasteiger partial charge in [0.2, 0.25) is 5.91 Å². The average molecular weight is 449 g/mol. The molecule has 0 bridgehead atoms. The molecule has 2 heterocycles. The third kappa shape index (κ3) is 4.81. The molecule has 5 aromatic rings. The van der Waals surface area contributed by atoms with Crippen molar-refractivity contribution in [2.45, 2.75) is 18.8 Å². The van der Waals surface area contributed by atoms with E-state index in [0.29, 0.717) is 12.8 Å². The monoisotopic (exact) mass is 448 g/mol. The molecule has 3 N–H and O–H groups in total. The van der Waals surface area contributed by atoms with Crippen LogP contribution in [0.5, 0.6) is 11.5 Å². The number of hydrogen-bond donors (Lipinski definition) is 2. The molecule has 168 valence electrons. The lowest BCUT2D eigenvalue weighted by atomic mass is 9.88. The summed E-state index contributed by atoms with van der Waals surface area (Å²) in [4.78, 5) is 23.9. The van der Waals surface area contributed by atoms with Crippen LogP contribution in [0.15, 0.2) is 97.3 Å². The maximum atomic E-state index is 11.4. The molecule has 0 fully saturated rings. The molecule has 1 atom stereocenters. The summed E-state index contributed by atoms with van der Waals surface area (Å²) in [6.07, 6.45) is 4.52. The van der Waals surface area contributed by atoms with Gasteiger partial charge in [-0.2, -0.15) is 0 Å². The van der Waals surface area contributed by atoms with Crippen molar-refractivity contribution in [2.75, 3.05) is 0 Å². The second-order valence-electron chi connectivity index (χ2n) is 8.15. The van der Waals surface area contributed by atoms with Gasteiger partial charge < -0.3 is 15.5 Å². The molecule has 1 unspecified atom stereocenters. The molecule has 0 aliphatic carbocycles. The molecule has 3 aromatic carbocycles. The molecule has 0 aliphatic rings. The molecule has 6 heteroatoms. The molecule has 0 aliphatic heterocycles. The van der Waals surface area contributed by atoms with Crippen molar-refractivity contribution in [3.05, 3.63) is 108 Å². The number of imidazole rings is 1. The largest absolute Gasteiger partial charge is 0.457 e. The Labute approximate surface area is 197 Å². The van der Waals surface area contributed by atoms with Gasteiger partial charge in [-0.3, -0.25) is 9.78 Å². The van der Waals surface area contributed by atoms with Crippen molar-refractivity contribution in [1.29, 1.82) is 0 Å². The van der Waals surface area contributed by atoms with Crippen LogP contribution in [0, 0.1) is 0 Å². The number of carbonyl (C=O) groups is 1. The molecule has 5 rings (SSSR count). The van der Waals surface area contributed by atoms with Gasteiger partial charge in [0.05, 0.1) is 11.0 Å². The van der Waals surface area contributed by atoms with Crippen LogP contribution >= 0.6 is 0 Å². The summed E-state index contributed by atoms with van der Waals surface area (Å²) in [5, 5.41) is 0. The van der Waals surface area contributed by atoms with E-state index in [2.05, 4.69) is 22.1 Å². The first-order valence-electron chi connectivity index (χ1n) is 11.2. The van der Waals surface area contributed by atoms with Gasteiger partial charge in [0, 0.05) is 30.3 Å². The maximum absolute atomic E-state index is 11.4. The third-order valence-electron chi connectivity index (χ3n) is 5.78. The lowest BCUT2D eigenvalue weighted by molar-refractivity contribution is -0.118. The number of pyridine rings is 1. The maximum Gasteiger partial charge on any atom is 0.217 e. The first-order valence-corrected chi connectivity index (χ1v) is 11.2. The number of nitrogens with two attached hydrogens (primary N) is 1. The second kappa shape index (κ2) is 9.58. The van der Waals surface area contributed by atoms with E-state index in [4.69, 9.17) is 15.5 Å². The molecule has 0 radical (unpaired) electrons. The van der Waals surface area contributed by atoms with Gasteiger partial charge in [-0.25, -0.2) is 4.98 Å². The Hall–Kier alpha value is -4.45. The minimum atomic E-state index is -0.307. The fraction of sp³-hybridized carbons (Fsp3) is 0.107. The summed E-state index contributed by atoms with van der Waals surface area (Å²) in [6.45, 7) is 0. The Kier molecular flexibility index (Phi) is 6.03. The number of amides is 1. The van der Waals surface area contributed by atoms with E-state index in [1.54, 1.807) is 6.20 Å². The zero-order valence-electron chi connectivity index (χ0n) is 18.5. The minimum Gasteiger partial charge on any atom is -0.457 e. The quantitative estimate of drug-likeness (QED) is 0.313. The van der Waals surface area contributed by atoms with E-state index in [1.807, 2.05) is 79.0 Å². The van der Waals surface area contributed by atoms with E-state index in [0.717, 1.165) is 45.0 Å². The highest BCUT2D eigenvalue weighted by atomic mass is 16.5. The smallest absolute Gasteiger partial charge is 0.217 e. The molecule has 0 spiro atoms. The fourth-order valence-electron chi connectivity index (χ4n) is 4.08. The van der Waals surface area contributed by atoms with Gasteiger partial charge in [-0.1, -0.05) is 30.3 Å². The number of aromatic nitrogens is 3. The van der Waals surface area contributed by atoms with Crippen molar-refractivity contribution >= 4 is 16.9 Å². The predicted octanol–water partition coefficient (Wildman–Crippen LogP) is 5.81. The number of primary amides is 1. The van der Waals surface area contributed by atoms with Gasteiger partial charge in [0.1, 0.15) is 17.3 Å². The Morgan fingerprint density at radius 2 is 1.71 bits per heavy atom. The molecule has 0 saturated carbocycles. The second-order valence-corrected chi connectivity index (χ2v) is 8.15. The molecular formula is C28H24N4O2. The van der Waals surface area contributed by atoms with E-state index in [-0.39, 0.29) is 11.8 Å². The van der Waals surface area contributed by atoms with E-state index in [9.17, 15) is 4.79 Å². The lowest BCUT2D eigenvalue weighted by Crippen LogP contribution is -2.13. The summed E-state index contributed by atoms with van der Waals surface area (Å²) in [5.74, 6) is 2.06. The Bertz CT molecular complexity index is 1400. The highest BCUT2D eigenvalue weighted by Crippen LogP contribution is 2.32. The van der Waals surface area contributed by atoms with Crippen LogP contribution in [0.3, 0.4) is 0 Å². The Balaban J connectivity index is 1.41. The standard InChI is InChI=1S/C28H24N4O2/c29-27(33)15-13-24(21-5-4-16-30-18-21)20-10-14-25-26(17-20)32-28(31-25)19-8-11-23(12-9-19)34-22-6-2-1-3-7-22/h1-12,14,16-18,24H,13,15H2,(H2,29,33)(H,31,32). The van der Waals surface area contributed by atoms with Crippen LogP contribution in [0.4, 0.5) is 0 Å². The molecule has 2 aromatic heterocycles. The highest BCUT2D eigenvalue weighted by molar-refractivity contribution is 5.80. The number of nitrogens with zero attached hydrogens (tertiary/aromatic N) is 2. The zero-order chi connectivity index (χ0) is 23.3. The average Bonchev–Trinajstić information content (AvgIpc) is 3.29. The molecule has 0 saturated heterocycles. The van der Waals surface area contributed by atoms with Crippen molar-refractivity contribution in [2.24, 2.45) is 5.73 Å². The summed E-state index contributed by atoms with van der Waals surface area (Å²) >= 11 is 0. The highest BCUT2D eigenvalue weighted by Gasteiger charge is 2.17. The number of aromatic amines is 1. The molecule has 6 nitrogen and oxygen atoms in total. The van der Waals surface area contributed by atoms with Crippen LogP contribution in [-0.4, -0.2) is 20.9 Å². The van der Waals surface area contributed by atoms with Crippen LogP contribution in [0.25, 0.3) is 22.4 Å². The first kappa shape index (κ1) is 21.4. The summed E-state index contributed by atoms with van der Waals surface area (Å²) in [6, 6.07) is 27.6. The number of hydrogen-bond acceptors (Lipinski definition) is 4. The van der Waals surface area contributed by atoms with Gasteiger partial charge in [0.15, 0.2) is 0 Å². The molecular weight excluding hydrogens is 424 g/mol. The van der Waals surface area contributed by atoms with E-state index >= 15 is 0 Å². The van der Waals surface area contributed by atoms with Gasteiger partial charge in [-0.05, 0) is 72.1 Å². The number of benzene rings is 3. The lowest BCUT2D eigenvalue weighted by Gasteiger charge is -2.17. The van der Waals surface area contributed by atoms with Gasteiger partial charge >= 0.3 is 0 Å². The topological polar surface area (TPSA) is 93.9 Å². The Morgan fingerprint density at radius 3 is 2.44 bits per heavy atom. The predicted molar refractivity (Wildman–Crippen MR) is 133 cm³/mol.